The highest BCUT2D eigenvalue weighted by atomic mass is 35.5. The number of aromatic nitrogens is 1. The molecule has 2 N–H and O–H groups in total. The molecule has 2 rings (SSSR count). The van der Waals surface area contributed by atoms with E-state index in [0.717, 1.165) is 11.0 Å². The average molecular weight is 269 g/mol. The minimum absolute atomic E-state index is 0.313. The van der Waals surface area contributed by atoms with Crippen LogP contribution in [0.5, 0.6) is 0 Å². The molecule has 0 unspecified atom stereocenters. The summed E-state index contributed by atoms with van der Waals surface area (Å²) in [5.74, 6) is 0. The second-order valence-corrected chi connectivity index (χ2v) is 5.99. The van der Waals surface area contributed by atoms with Gasteiger partial charge in [-0.2, -0.15) is 0 Å². The zero-order valence-electron chi connectivity index (χ0n) is 11.4. The highest BCUT2D eigenvalue weighted by molar-refractivity contribution is 6.62. The van der Waals surface area contributed by atoms with Crippen molar-refractivity contribution < 1.29 is 9.31 Å². The molecule has 1 saturated heterocycles. The van der Waals surface area contributed by atoms with E-state index in [-0.39, 0.29) is 11.2 Å². The molecule has 1 fully saturated rings. The maximum absolute atomic E-state index is 5.96. The summed E-state index contributed by atoms with van der Waals surface area (Å²) >= 11 is 5.89. The Labute approximate surface area is 113 Å². The number of hydrogen-bond donors (Lipinski definition) is 1. The lowest BCUT2D eigenvalue weighted by molar-refractivity contribution is 0.00578. The van der Waals surface area contributed by atoms with Gasteiger partial charge in [-0.25, -0.2) is 4.98 Å². The average Bonchev–Trinajstić information content (AvgIpc) is 2.45. The van der Waals surface area contributed by atoms with E-state index < -0.39 is 7.12 Å². The van der Waals surface area contributed by atoms with Crippen LogP contribution in [0.2, 0.25) is 5.15 Å². The largest absolute Gasteiger partial charge is 0.496 e. The summed E-state index contributed by atoms with van der Waals surface area (Å²) in [5, 5.41) is 0.313. The summed E-state index contributed by atoms with van der Waals surface area (Å²) in [6.07, 6.45) is 1.66. The number of pyridine rings is 1. The van der Waals surface area contributed by atoms with Crippen LogP contribution >= 0.6 is 11.6 Å². The molecule has 98 valence electrons. The number of nitrogen functional groups attached to an aromatic ring is 1. The number of halogens is 1. The van der Waals surface area contributed by atoms with Crippen LogP contribution in [0.25, 0.3) is 0 Å². The predicted octanol–water partition coefficient (Wildman–Crippen LogP) is 1.92. The van der Waals surface area contributed by atoms with Gasteiger partial charge in [0.15, 0.2) is 5.15 Å². The van der Waals surface area contributed by atoms with Gasteiger partial charge in [0.05, 0.1) is 16.9 Å². The Morgan fingerprint density at radius 1 is 1.22 bits per heavy atom. The van der Waals surface area contributed by atoms with Crippen LogP contribution in [0.4, 0.5) is 5.69 Å². The Bertz CT molecular complexity index is 475. The smallest absolute Gasteiger partial charge is 0.399 e. The van der Waals surface area contributed by atoms with Crippen molar-refractivity contribution in [3.05, 3.63) is 16.9 Å². The Hall–Kier alpha value is -0.775. The van der Waals surface area contributed by atoms with Gasteiger partial charge in [0.25, 0.3) is 0 Å². The molecular weight excluding hydrogens is 250 g/mol. The molecule has 0 amide bonds. The molecule has 1 aromatic rings. The summed E-state index contributed by atoms with van der Waals surface area (Å²) in [5.41, 5.74) is 7.29. The van der Waals surface area contributed by atoms with E-state index in [0.29, 0.717) is 10.8 Å². The van der Waals surface area contributed by atoms with Crippen LogP contribution in [0, 0.1) is 6.92 Å². The fourth-order valence-electron chi connectivity index (χ4n) is 1.81. The maximum atomic E-state index is 5.96. The van der Waals surface area contributed by atoms with Gasteiger partial charge in [-0.1, -0.05) is 11.6 Å². The van der Waals surface area contributed by atoms with Gasteiger partial charge in [-0.3, -0.25) is 0 Å². The van der Waals surface area contributed by atoms with Crippen LogP contribution in [-0.4, -0.2) is 23.3 Å². The molecule has 0 aromatic carbocycles. The van der Waals surface area contributed by atoms with Crippen molar-refractivity contribution in [2.24, 2.45) is 0 Å². The molecule has 1 aliphatic heterocycles. The molecule has 0 bridgehead atoms. The lowest BCUT2D eigenvalue weighted by Gasteiger charge is -2.32. The fraction of sp³-hybridized carbons (Fsp3) is 0.583. The van der Waals surface area contributed by atoms with Gasteiger partial charge in [-0.05, 0) is 40.2 Å². The predicted molar refractivity (Wildman–Crippen MR) is 74.1 cm³/mol. The van der Waals surface area contributed by atoms with E-state index in [1.807, 2.05) is 34.6 Å². The number of nitrogens with two attached hydrogens (primary N) is 1. The van der Waals surface area contributed by atoms with Crippen LogP contribution in [0.15, 0.2) is 6.20 Å². The highest BCUT2D eigenvalue weighted by Crippen LogP contribution is 2.37. The van der Waals surface area contributed by atoms with Crippen LogP contribution < -0.4 is 11.2 Å². The zero-order chi connectivity index (χ0) is 13.7. The minimum atomic E-state index is -0.456. The van der Waals surface area contributed by atoms with Crippen molar-refractivity contribution in [1.82, 2.24) is 4.98 Å². The molecule has 0 saturated carbocycles. The standard InChI is InChI=1S/C12H18BClN2O2/c1-7-8(6-16-10(14)9(7)15)13-17-11(2,3)12(4,5)18-13/h6H,15H2,1-5H3. The van der Waals surface area contributed by atoms with Gasteiger partial charge < -0.3 is 15.0 Å². The van der Waals surface area contributed by atoms with E-state index in [1.54, 1.807) is 6.20 Å². The first-order valence-electron chi connectivity index (χ1n) is 5.92. The summed E-state index contributed by atoms with van der Waals surface area (Å²) < 4.78 is 11.9. The maximum Gasteiger partial charge on any atom is 0.496 e. The molecule has 6 heteroatoms. The lowest BCUT2D eigenvalue weighted by Crippen LogP contribution is -2.41. The second kappa shape index (κ2) is 4.12. The van der Waals surface area contributed by atoms with E-state index in [1.165, 1.54) is 0 Å². The Balaban J connectivity index is 2.39. The van der Waals surface area contributed by atoms with Gasteiger partial charge >= 0.3 is 7.12 Å². The van der Waals surface area contributed by atoms with Crippen molar-refractivity contribution in [3.8, 4) is 0 Å². The Morgan fingerprint density at radius 2 is 1.72 bits per heavy atom. The van der Waals surface area contributed by atoms with E-state index in [2.05, 4.69) is 4.98 Å². The monoisotopic (exact) mass is 268 g/mol. The fourth-order valence-corrected chi connectivity index (χ4v) is 2.00. The van der Waals surface area contributed by atoms with Crippen molar-refractivity contribution >= 4 is 29.9 Å². The van der Waals surface area contributed by atoms with Crippen LogP contribution in [-0.2, 0) is 9.31 Å². The molecule has 0 aliphatic carbocycles. The summed E-state index contributed by atoms with van der Waals surface area (Å²) in [4.78, 5) is 4.06. The third kappa shape index (κ3) is 2.00. The Morgan fingerprint density at radius 3 is 2.22 bits per heavy atom. The molecule has 2 heterocycles. The summed E-state index contributed by atoms with van der Waals surface area (Å²) in [6.45, 7) is 9.93. The number of rotatable bonds is 1. The summed E-state index contributed by atoms with van der Waals surface area (Å²) in [7, 11) is -0.456. The lowest BCUT2D eigenvalue weighted by atomic mass is 9.77. The third-order valence-corrected chi connectivity index (χ3v) is 4.18. The topological polar surface area (TPSA) is 57.4 Å². The second-order valence-electron chi connectivity index (χ2n) is 5.63. The SMILES string of the molecule is Cc1c(B2OC(C)(C)C(C)(C)O2)cnc(Cl)c1N. The normalized spacial score (nSPS) is 21.3. The highest BCUT2D eigenvalue weighted by Gasteiger charge is 2.52. The van der Waals surface area contributed by atoms with Crippen molar-refractivity contribution in [1.29, 1.82) is 0 Å². The van der Waals surface area contributed by atoms with Crippen molar-refractivity contribution in [2.45, 2.75) is 45.8 Å². The van der Waals surface area contributed by atoms with E-state index in [4.69, 9.17) is 26.6 Å². The van der Waals surface area contributed by atoms with Gasteiger partial charge in [0.1, 0.15) is 0 Å². The summed E-state index contributed by atoms with van der Waals surface area (Å²) in [6, 6.07) is 0. The quantitative estimate of drug-likeness (QED) is 0.624. The van der Waals surface area contributed by atoms with Crippen molar-refractivity contribution in [3.63, 3.8) is 0 Å². The Kier molecular flexibility index (Phi) is 3.12. The first-order chi connectivity index (χ1) is 8.16. The molecule has 1 aliphatic rings. The molecule has 0 radical (unpaired) electrons. The third-order valence-electron chi connectivity index (χ3n) is 3.88. The first-order valence-corrected chi connectivity index (χ1v) is 6.29. The van der Waals surface area contributed by atoms with E-state index >= 15 is 0 Å². The number of hydrogen-bond acceptors (Lipinski definition) is 4. The van der Waals surface area contributed by atoms with Gasteiger partial charge in [-0.15, -0.1) is 0 Å². The van der Waals surface area contributed by atoms with E-state index in [9.17, 15) is 0 Å². The van der Waals surface area contributed by atoms with Crippen LogP contribution in [0.1, 0.15) is 33.3 Å². The zero-order valence-corrected chi connectivity index (χ0v) is 12.1. The molecule has 0 atom stereocenters. The molecule has 18 heavy (non-hydrogen) atoms. The molecule has 4 nitrogen and oxygen atoms in total. The first kappa shape index (κ1) is 13.7. The van der Waals surface area contributed by atoms with Crippen molar-refractivity contribution in [2.75, 3.05) is 5.73 Å². The van der Waals surface area contributed by atoms with Gasteiger partial charge in [0.2, 0.25) is 0 Å². The molecular formula is C12H18BClN2O2. The molecule has 0 spiro atoms. The van der Waals surface area contributed by atoms with Crippen LogP contribution in [0.3, 0.4) is 0 Å². The minimum Gasteiger partial charge on any atom is -0.399 e. The number of nitrogens with zero attached hydrogens (tertiary/aromatic N) is 1. The number of anilines is 1. The van der Waals surface area contributed by atoms with Gasteiger partial charge in [0, 0.05) is 11.7 Å². The molecule has 1 aromatic heterocycles.